The molecule has 7 heteroatoms. The number of carbonyl (C=O) groups is 1. The van der Waals surface area contributed by atoms with E-state index in [1.165, 1.54) is 6.07 Å². The number of nitrogens with zero attached hydrogens (tertiary/aromatic N) is 3. The van der Waals surface area contributed by atoms with E-state index in [1.807, 2.05) is 35.9 Å². The number of halogens is 1. The summed E-state index contributed by atoms with van der Waals surface area (Å²) in [5.74, 6) is 1.11. The lowest BCUT2D eigenvalue weighted by atomic mass is 10.0. The van der Waals surface area contributed by atoms with E-state index >= 15 is 0 Å². The number of aryl methyl sites for hydroxylation is 1. The van der Waals surface area contributed by atoms with Crippen molar-refractivity contribution in [3.8, 4) is 11.6 Å². The van der Waals surface area contributed by atoms with Crippen LogP contribution in [-0.2, 0) is 6.54 Å². The molecule has 1 amide bonds. The molecule has 6 nitrogen and oxygen atoms in total. The van der Waals surface area contributed by atoms with Gasteiger partial charge < -0.3 is 10.4 Å². The van der Waals surface area contributed by atoms with Gasteiger partial charge in [0.15, 0.2) is 0 Å². The highest BCUT2D eigenvalue weighted by Crippen LogP contribution is 2.34. The molecular weight excluding hydrogens is 376 g/mol. The predicted molar refractivity (Wildman–Crippen MR) is 108 cm³/mol. The minimum Gasteiger partial charge on any atom is -0.506 e. The van der Waals surface area contributed by atoms with Gasteiger partial charge in [-0.1, -0.05) is 41.9 Å². The highest BCUT2D eigenvalue weighted by atomic mass is 35.5. The number of hydrogen-bond donors (Lipinski definition) is 2. The van der Waals surface area contributed by atoms with Crippen LogP contribution >= 0.6 is 11.6 Å². The average molecular weight is 393 g/mol. The van der Waals surface area contributed by atoms with Gasteiger partial charge in [0.25, 0.3) is 5.91 Å². The third-order valence-corrected chi connectivity index (χ3v) is 4.86. The van der Waals surface area contributed by atoms with Crippen LogP contribution in [0.25, 0.3) is 16.6 Å². The standard InChI is InChI=1S/C21H17ClN4O2/c1-13-23-8-9-26(13)19-7-6-14(11-24-19)12-25-21(28)17-10-18(22)15-4-2-3-5-16(15)20(17)27/h2-11,27H,12H2,1H3,(H,25,28). The molecule has 0 aliphatic heterocycles. The maximum absolute atomic E-state index is 12.6. The Hall–Kier alpha value is -3.38. The first-order chi connectivity index (χ1) is 13.5. The molecule has 28 heavy (non-hydrogen) atoms. The summed E-state index contributed by atoms with van der Waals surface area (Å²) in [4.78, 5) is 21.2. The van der Waals surface area contributed by atoms with Crippen molar-refractivity contribution in [3.05, 3.63) is 83.0 Å². The summed E-state index contributed by atoms with van der Waals surface area (Å²) < 4.78 is 1.87. The van der Waals surface area contributed by atoms with E-state index < -0.39 is 5.91 Å². The zero-order valence-electron chi connectivity index (χ0n) is 15.1. The number of nitrogens with one attached hydrogen (secondary N) is 1. The number of phenols is 1. The minimum atomic E-state index is -0.403. The molecule has 0 unspecified atom stereocenters. The number of aromatic hydroxyl groups is 1. The van der Waals surface area contributed by atoms with Crippen LogP contribution in [0.5, 0.6) is 5.75 Å². The SMILES string of the molecule is Cc1nccn1-c1ccc(CNC(=O)c2cc(Cl)c3ccccc3c2O)cn1. The Morgan fingerprint density at radius 1 is 1.18 bits per heavy atom. The lowest BCUT2D eigenvalue weighted by Crippen LogP contribution is -2.23. The van der Waals surface area contributed by atoms with Crippen molar-refractivity contribution in [2.45, 2.75) is 13.5 Å². The molecule has 2 heterocycles. The van der Waals surface area contributed by atoms with Crippen molar-refractivity contribution in [3.63, 3.8) is 0 Å². The van der Waals surface area contributed by atoms with Gasteiger partial charge in [-0.25, -0.2) is 9.97 Å². The number of carbonyl (C=O) groups excluding carboxylic acids is 1. The highest BCUT2D eigenvalue weighted by Gasteiger charge is 2.16. The third-order valence-electron chi connectivity index (χ3n) is 4.55. The molecule has 2 aromatic heterocycles. The molecule has 2 aromatic carbocycles. The van der Waals surface area contributed by atoms with Crippen LogP contribution in [0.2, 0.25) is 5.02 Å². The van der Waals surface area contributed by atoms with Gasteiger partial charge in [0.05, 0.1) is 5.56 Å². The van der Waals surface area contributed by atoms with E-state index in [-0.39, 0.29) is 17.9 Å². The van der Waals surface area contributed by atoms with E-state index in [0.717, 1.165) is 17.2 Å². The second-order valence-corrected chi connectivity index (χ2v) is 6.76. The summed E-state index contributed by atoms with van der Waals surface area (Å²) >= 11 is 6.27. The largest absolute Gasteiger partial charge is 0.506 e. The van der Waals surface area contributed by atoms with E-state index in [2.05, 4.69) is 15.3 Å². The summed E-state index contributed by atoms with van der Waals surface area (Å²) in [5, 5.41) is 14.9. The maximum atomic E-state index is 12.6. The number of amides is 1. The van der Waals surface area contributed by atoms with Crippen LogP contribution in [-0.4, -0.2) is 25.5 Å². The Morgan fingerprint density at radius 3 is 2.64 bits per heavy atom. The highest BCUT2D eigenvalue weighted by molar-refractivity contribution is 6.36. The molecule has 2 N–H and O–H groups in total. The topological polar surface area (TPSA) is 80.0 Å². The summed E-state index contributed by atoms with van der Waals surface area (Å²) in [6.45, 7) is 2.18. The first-order valence-electron chi connectivity index (χ1n) is 8.68. The molecule has 0 aliphatic carbocycles. The van der Waals surface area contributed by atoms with Crippen LogP contribution in [0, 0.1) is 6.92 Å². The van der Waals surface area contributed by atoms with Gasteiger partial charge in [-0.3, -0.25) is 9.36 Å². The summed E-state index contributed by atoms with van der Waals surface area (Å²) in [6, 6.07) is 12.4. The van der Waals surface area contributed by atoms with Gasteiger partial charge >= 0.3 is 0 Å². The fraction of sp³-hybridized carbons (Fsp3) is 0.0952. The second-order valence-electron chi connectivity index (χ2n) is 6.35. The summed E-state index contributed by atoms with van der Waals surface area (Å²) in [5.41, 5.74) is 0.976. The summed E-state index contributed by atoms with van der Waals surface area (Å²) in [7, 11) is 0. The smallest absolute Gasteiger partial charge is 0.255 e. The zero-order valence-corrected chi connectivity index (χ0v) is 15.8. The molecule has 0 saturated carbocycles. The van der Waals surface area contributed by atoms with Crippen LogP contribution < -0.4 is 5.32 Å². The number of imidazole rings is 1. The Morgan fingerprint density at radius 2 is 1.96 bits per heavy atom. The fourth-order valence-corrected chi connectivity index (χ4v) is 3.32. The van der Waals surface area contributed by atoms with Crippen molar-refractivity contribution in [2.24, 2.45) is 0 Å². The molecule has 0 saturated heterocycles. The quantitative estimate of drug-likeness (QED) is 0.549. The lowest BCUT2D eigenvalue weighted by Gasteiger charge is -2.11. The zero-order chi connectivity index (χ0) is 19.7. The van der Waals surface area contributed by atoms with Crippen molar-refractivity contribution in [2.75, 3.05) is 0 Å². The van der Waals surface area contributed by atoms with Crippen molar-refractivity contribution in [1.29, 1.82) is 0 Å². The number of benzene rings is 2. The van der Waals surface area contributed by atoms with Crippen LogP contribution in [0.3, 0.4) is 0 Å². The fourth-order valence-electron chi connectivity index (χ4n) is 3.05. The molecule has 140 valence electrons. The van der Waals surface area contributed by atoms with E-state index in [0.29, 0.717) is 15.8 Å². The number of fused-ring (bicyclic) bond motifs is 1. The molecule has 0 fully saturated rings. The van der Waals surface area contributed by atoms with Crippen LogP contribution in [0.4, 0.5) is 0 Å². The monoisotopic (exact) mass is 392 g/mol. The number of aromatic nitrogens is 3. The first-order valence-corrected chi connectivity index (χ1v) is 9.06. The van der Waals surface area contributed by atoms with Gasteiger partial charge in [0.1, 0.15) is 17.4 Å². The molecule has 0 aliphatic rings. The minimum absolute atomic E-state index is 0.0819. The normalized spacial score (nSPS) is 10.9. The van der Waals surface area contributed by atoms with Crippen LogP contribution in [0.1, 0.15) is 21.7 Å². The van der Waals surface area contributed by atoms with Crippen LogP contribution in [0.15, 0.2) is 61.1 Å². The van der Waals surface area contributed by atoms with E-state index in [1.54, 1.807) is 30.6 Å². The van der Waals surface area contributed by atoms with E-state index in [4.69, 9.17) is 11.6 Å². The molecular formula is C21H17ClN4O2. The Bertz CT molecular complexity index is 1170. The van der Waals surface area contributed by atoms with E-state index in [9.17, 15) is 9.90 Å². The molecule has 0 atom stereocenters. The molecule has 4 rings (SSSR count). The predicted octanol–water partition coefficient (Wildman–Crippen LogP) is 4.02. The number of hydrogen-bond acceptors (Lipinski definition) is 4. The number of phenolic OH excluding ortho intramolecular Hbond substituents is 1. The lowest BCUT2D eigenvalue weighted by molar-refractivity contribution is 0.0948. The average Bonchev–Trinajstić information content (AvgIpc) is 3.15. The molecule has 0 bridgehead atoms. The maximum Gasteiger partial charge on any atom is 0.255 e. The van der Waals surface area contributed by atoms with Gasteiger partial charge in [0, 0.05) is 40.9 Å². The van der Waals surface area contributed by atoms with Gasteiger partial charge in [0.2, 0.25) is 0 Å². The van der Waals surface area contributed by atoms with Crippen molar-refractivity contribution < 1.29 is 9.90 Å². The van der Waals surface area contributed by atoms with Crippen molar-refractivity contribution in [1.82, 2.24) is 19.9 Å². The first kappa shape index (κ1) is 18.0. The summed E-state index contributed by atoms with van der Waals surface area (Å²) in [6.07, 6.45) is 5.25. The Balaban J connectivity index is 1.51. The molecule has 4 aromatic rings. The second kappa shape index (κ2) is 7.32. The van der Waals surface area contributed by atoms with Crippen molar-refractivity contribution >= 4 is 28.3 Å². The Kier molecular flexibility index (Phi) is 4.71. The van der Waals surface area contributed by atoms with Gasteiger partial charge in [-0.15, -0.1) is 0 Å². The number of pyridine rings is 1. The van der Waals surface area contributed by atoms with Gasteiger partial charge in [-0.05, 0) is 24.6 Å². The van der Waals surface area contributed by atoms with Gasteiger partial charge in [-0.2, -0.15) is 0 Å². The molecule has 0 spiro atoms. The molecule has 0 radical (unpaired) electrons. The Labute approximate surface area is 166 Å². The number of rotatable bonds is 4. The third kappa shape index (κ3) is 3.30.